The number of hydrogen-bond acceptors (Lipinski definition) is 2. The summed E-state index contributed by atoms with van der Waals surface area (Å²) in [5.41, 5.74) is 5.70. The van der Waals surface area contributed by atoms with Crippen LogP contribution in [0.1, 0.15) is 32.8 Å². The molecule has 3 aliphatic rings. The van der Waals surface area contributed by atoms with Crippen LogP contribution >= 0.6 is 0 Å². The largest absolute Gasteiger partial charge is 0.478 e. The predicted octanol–water partition coefficient (Wildman–Crippen LogP) is 4.28. The molecule has 0 saturated carbocycles. The maximum atomic E-state index is 6.21. The Balaban J connectivity index is 1.75. The molecule has 0 radical (unpaired) electrons. The van der Waals surface area contributed by atoms with Crippen molar-refractivity contribution in [1.29, 1.82) is 0 Å². The third-order valence-electron chi connectivity index (χ3n) is 5.47. The minimum Gasteiger partial charge on any atom is -0.478 e. The lowest BCUT2D eigenvalue weighted by molar-refractivity contribution is 0.0559. The maximum absolute atomic E-state index is 6.21. The van der Waals surface area contributed by atoms with Crippen LogP contribution in [-0.4, -0.2) is 12.3 Å². The van der Waals surface area contributed by atoms with Crippen LogP contribution in [-0.2, 0) is 11.2 Å². The number of fused-ring (bicyclic) bond motifs is 2. The fourth-order valence-electron chi connectivity index (χ4n) is 4.37. The molecule has 21 heavy (non-hydrogen) atoms. The zero-order valence-electron chi connectivity index (χ0n) is 13.0. The number of nitrogens with zero attached hydrogens (tertiary/aromatic N) is 1. The highest BCUT2D eigenvalue weighted by Crippen LogP contribution is 2.46. The summed E-state index contributed by atoms with van der Waals surface area (Å²) in [7, 11) is 0. The van der Waals surface area contributed by atoms with Gasteiger partial charge in [0.25, 0.3) is 0 Å². The highest BCUT2D eigenvalue weighted by Gasteiger charge is 2.44. The molecule has 0 fully saturated rings. The first kappa shape index (κ1) is 13.0. The molecule has 110 valence electrons. The smallest absolute Gasteiger partial charge is 0.178 e. The van der Waals surface area contributed by atoms with Gasteiger partial charge in [0, 0.05) is 17.6 Å². The van der Waals surface area contributed by atoms with Crippen molar-refractivity contribution in [1.82, 2.24) is 0 Å². The summed E-state index contributed by atoms with van der Waals surface area (Å²) in [6, 6.07) is 9.29. The van der Waals surface area contributed by atoms with Crippen molar-refractivity contribution in [3.8, 4) is 0 Å². The summed E-state index contributed by atoms with van der Waals surface area (Å²) in [4.78, 5) is 2.51. The Labute approximate surface area is 127 Å². The van der Waals surface area contributed by atoms with Crippen LogP contribution in [0.3, 0.4) is 0 Å². The molecule has 0 aromatic heterocycles. The SMILES string of the molecule is CC1=CC[C@H]2C(C)=CO[C@H](N3c4ccccc4CC3C)[C@@H]12. The molecule has 1 aromatic carbocycles. The van der Waals surface area contributed by atoms with E-state index in [0.717, 1.165) is 6.42 Å². The van der Waals surface area contributed by atoms with Crippen LogP contribution in [0.2, 0.25) is 0 Å². The first-order valence-electron chi connectivity index (χ1n) is 8.02. The molecule has 0 saturated heterocycles. The zero-order valence-corrected chi connectivity index (χ0v) is 13.0. The maximum Gasteiger partial charge on any atom is 0.178 e. The van der Waals surface area contributed by atoms with Crippen molar-refractivity contribution in [3.63, 3.8) is 0 Å². The van der Waals surface area contributed by atoms with E-state index in [2.05, 4.69) is 56.0 Å². The van der Waals surface area contributed by atoms with Gasteiger partial charge in [-0.25, -0.2) is 0 Å². The second-order valence-corrected chi connectivity index (χ2v) is 6.79. The second-order valence-electron chi connectivity index (χ2n) is 6.79. The Morgan fingerprint density at radius 1 is 1.14 bits per heavy atom. The van der Waals surface area contributed by atoms with E-state index in [9.17, 15) is 0 Å². The molecule has 0 spiro atoms. The highest BCUT2D eigenvalue weighted by molar-refractivity contribution is 5.60. The second kappa shape index (κ2) is 4.66. The Hall–Kier alpha value is -1.70. The van der Waals surface area contributed by atoms with Crippen LogP contribution in [0.4, 0.5) is 5.69 Å². The molecule has 0 amide bonds. The summed E-state index contributed by atoms with van der Waals surface area (Å²) >= 11 is 0. The van der Waals surface area contributed by atoms with Crippen molar-refractivity contribution in [2.24, 2.45) is 11.8 Å². The highest BCUT2D eigenvalue weighted by atomic mass is 16.5. The molecule has 2 heterocycles. The Morgan fingerprint density at radius 3 is 2.81 bits per heavy atom. The molecule has 1 unspecified atom stereocenters. The average molecular weight is 281 g/mol. The number of ether oxygens (including phenoxy) is 1. The summed E-state index contributed by atoms with van der Waals surface area (Å²) < 4.78 is 6.21. The Kier molecular flexibility index (Phi) is 2.88. The van der Waals surface area contributed by atoms with E-state index in [4.69, 9.17) is 4.74 Å². The molecule has 2 aliphatic heterocycles. The third kappa shape index (κ3) is 1.85. The molecule has 0 bridgehead atoms. The summed E-state index contributed by atoms with van der Waals surface area (Å²) in [5.74, 6) is 1.13. The minimum absolute atomic E-state index is 0.149. The quantitative estimate of drug-likeness (QED) is 0.712. The summed E-state index contributed by atoms with van der Waals surface area (Å²) in [5, 5.41) is 0. The number of benzene rings is 1. The van der Waals surface area contributed by atoms with Crippen molar-refractivity contribution in [3.05, 3.63) is 53.3 Å². The van der Waals surface area contributed by atoms with Crippen molar-refractivity contribution in [2.75, 3.05) is 4.90 Å². The number of allylic oxidation sites excluding steroid dienone is 2. The third-order valence-corrected chi connectivity index (χ3v) is 5.47. The van der Waals surface area contributed by atoms with E-state index in [-0.39, 0.29) is 6.23 Å². The topological polar surface area (TPSA) is 12.5 Å². The van der Waals surface area contributed by atoms with Crippen LogP contribution in [0.25, 0.3) is 0 Å². The van der Waals surface area contributed by atoms with Crippen molar-refractivity contribution in [2.45, 2.75) is 45.9 Å². The van der Waals surface area contributed by atoms with Crippen molar-refractivity contribution >= 4 is 5.69 Å². The fraction of sp³-hybridized carbons (Fsp3) is 0.474. The normalized spacial score (nSPS) is 34.0. The lowest BCUT2D eigenvalue weighted by atomic mass is 9.83. The van der Waals surface area contributed by atoms with Gasteiger partial charge in [-0.2, -0.15) is 0 Å². The van der Waals surface area contributed by atoms with E-state index >= 15 is 0 Å². The number of anilines is 1. The molecule has 2 nitrogen and oxygen atoms in total. The first-order valence-corrected chi connectivity index (χ1v) is 8.02. The average Bonchev–Trinajstić information content (AvgIpc) is 3.01. The predicted molar refractivity (Wildman–Crippen MR) is 86.1 cm³/mol. The van der Waals surface area contributed by atoms with Gasteiger partial charge in [0.2, 0.25) is 0 Å². The van der Waals surface area contributed by atoms with Gasteiger partial charge < -0.3 is 9.64 Å². The molecule has 1 aromatic rings. The van der Waals surface area contributed by atoms with Crippen LogP contribution in [0, 0.1) is 11.8 Å². The fourth-order valence-corrected chi connectivity index (χ4v) is 4.37. The van der Waals surface area contributed by atoms with Crippen LogP contribution in [0.5, 0.6) is 0 Å². The number of hydrogen-bond donors (Lipinski definition) is 0. The van der Waals surface area contributed by atoms with E-state index in [1.807, 2.05) is 6.26 Å². The molecular formula is C19H23NO. The standard InChI is InChI=1S/C19H23NO/c1-12-8-9-16-13(2)11-21-19(18(12)16)20-14(3)10-15-6-4-5-7-17(15)20/h4-8,11,14,16,18-19H,9-10H2,1-3H3/t14?,16-,18-,19-/m0/s1. The summed E-state index contributed by atoms with van der Waals surface area (Å²) in [6.07, 6.45) is 6.85. The van der Waals surface area contributed by atoms with Crippen LogP contribution in [0.15, 0.2) is 47.7 Å². The monoisotopic (exact) mass is 281 g/mol. The zero-order chi connectivity index (χ0) is 14.6. The Morgan fingerprint density at radius 2 is 1.95 bits per heavy atom. The van der Waals surface area contributed by atoms with Gasteiger partial charge in [0.05, 0.1) is 6.26 Å². The van der Waals surface area contributed by atoms with E-state index in [0.29, 0.717) is 17.9 Å². The molecular weight excluding hydrogens is 258 g/mol. The van der Waals surface area contributed by atoms with Gasteiger partial charge in [0.1, 0.15) is 0 Å². The molecule has 1 aliphatic carbocycles. The Bertz CT molecular complexity index is 630. The molecule has 4 atom stereocenters. The van der Waals surface area contributed by atoms with E-state index < -0.39 is 0 Å². The van der Waals surface area contributed by atoms with Gasteiger partial charge in [-0.05, 0) is 56.7 Å². The van der Waals surface area contributed by atoms with Gasteiger partial charge in [-0.3, -0.25) is 0 Å². The van der Waals surface area contributed by atoms with Gasteiger partial charge in [0.15, 0.2) is 6.23 Å². The first-order chi connectivity index (χ1) is 10.2. The lowest BCUT2D eigenvalue weighted by Crippen LogP contribution is -2.48. The van der Waals surface area contributed by atoms with E-state index in [1.54, 1.807) is 0 Å². The number of para-hydroxylation sites is 1. The minimum atomic E-state index is 0.149. The van der Waals surface area contributed by atoms with Gasteiger partial charge in [-0.1, -0.05) is 29.8 Å². The number of rotatable bonds is 1. The van der Waals surface area contributed by atoms with Gasteiger partial charge in [-0.15, -0.1) is 0 Å². The van der Waals surface area contributed by atoms with Gasteiger partial charge >= 0.3 is 0 Å². The van der Waals surface area contributed by atoms with Crippen molar-refractivity contribution < 1.29 is 4.74 Å². The van der Waals surface area contributed by atoms with E-state index in [1.165, 1.54) is 28.8 Å². The molecule has 2 heteroatoms. The lowest BCUT2D eigenvalue weighted by Gasteiger charge is -2.42. The van der Waals surface area contributed by atoms with Crippen LogP contribution < -0.4 is 4.90 Å². The molecule has 4 rings (SSSR count). The summed E-state index contributed by atoms with van der Waals surface area (Å²) in [6.45, 7) is 6.80. The molecule has 0 N–H and O–H groups in total.